The van der Waals surface area contributed by atoms with Gasteiger partial charge in [0.05, 0.1) is 6.04 Å². The van der Waals surface area contributed by atoms with E-state index in [2.05, 4.69) is 37.1 Å². The Kier molecular flexibility index (Phi) is 4.97. The fourth-order valence-electron chi connectivity index (χ4n) is 2.12. The van der Waals surface area contributed by atoms with E-state index in [0.29, 0.717) is 6.04 Å². The molecule has 4 heteroatoms. The number of aryl methyl sites for hydroxylation is 1. The van der Waals surface area contributed by atoms with Crippen molar-refractivity contribution < 1.29 is 0 Å². The van der Waals surface area contributed by atoms with Crippen LogP contribution in [0.4, 0.5) is 0 Å². The first-order valence-electron chi connectivity index (χ1n) is 6.54. The molecule has 102 valence electrons. The Bertz CT molecular complexity index is 538. The second-order valence-corrected chi connectivity index (χ2v) is 6.42. The van der Waals surface area contributed by atoms with Crippen LogP contribution < -0.4 is 5.32 Å². The van der Waals surface area contributed by atoms with Crippen molar-refractivity contribution in [3.05, 3.63) is 50.9 Å². The average molecular weight is 295 g/mol. The van der Waals surface area contributed by atoms with Crippen LogP contribution >= 0.6 is 22.9 Å². The van der Waals surface area contributed by atoms with Gasteiger partial charge < -0.3 is 5.32 Å². The molecule has 0 aliphatic carbocycles. The first kappa shape index (κ1) is 14.5. The lowest BCUT2D eigenvalue weighted by atomic mass is 10.0. The molecule has 0 aliphatic rings. The maximum atomic E-state index is 6.06. The Morgan fingerprint density at radius 2 is 2.21 bits per heavy atom. The number of nitrogens with one attached hydrogen (secondary N) is 1. The molecular weight excluding hydrogens is 276 g/mol. The van der Waals surface area contributed by atoms with Gasteiger partial charge in [0.2, 0.25) is 0 Å². The minimum absolute atomic E-state index is 0.252. The summed E-state index contributed by atoms with van der Waals surface area (Å²) < 4.78 is 0. The van der Waals surface area contributed by atoms with E-state index in [1.54, 1.807) is 11.3 Å². The fraction of sp³-hybridized carbons (Fsp3) is 0.400. The van der Waals surface area contributed by atoms with Crippen molar-refractivity contribution in [1.29, 1.82) is 0 Å². The van der Waals surface area contributed by atoms with Crippen molar-refractivity contribution in [1.82, 2.24) is 10.3 Å². The monoisotopic (exact) mass is 294 g/mol. The zero-order valence-corrected chi connectivity index (χ0v) is 13.1. The Morgan fingerprint density at radius 1 is 1.42 bits per heavy atom. The summed E-state index contributed by atoms with van der Waals surface area (Å²) in [5.74, 6) is 0. The first-order valence-corrected chi connectivity index (χ1v) is 7.73. The molecule has 2 nitrogen and oxygen atoms in total. The molecule has 0 radical (unpaired) electrons. The van der Waals surface area contributed by atoms with Gasteiger partial charge in [0.15, 0.2) is 0 Å². The molecule has 1 aromatic carbocycles. The van der Waals surface area contributed by atoms with E-state index in [-0.39, 0.29) is 6.04 Å². The number of halogens is 1. The molecule has 2 atom stereocenters. The van der Waals surface area contributed by atoms with Gasteiger partial charge in [-0.2, -0.15) is 0 Å². The normalized spacial score (nSPS) is 14.3. The summed E-state index contributed by atoms with van der Waals surface area (Å²) in [6.07, 6.45) is 2.95. The van der Waals surface area contributed by atoms with Crippen molar-refractivity contribution in [3.8, 4) is 0 Å². The molecule has 0 fully saturated rings. The summed E-state index contributed by atoms with van der Waals surface area (Å²) in [6.45, 7) is 6.42. The van der Waals surface area contributed by atoms with Gasteiger partial charge in [0, 0.05) is 22.1 Å². The molecule has 2 rings (SSSR count). The van der Waals surface area contributed by atoms with Crippen LogP contribution in [-0.4, -0.2) is 4.98 Å². The molecule has 1 N–H and O–H groups in total. The van der Waals surface area contributed by atoms with Crippen LogP contribution in [0.15, 0.2) is 30.5 Å². The van der Waals surface area contributed by atoms with Crippen LogP contribution in [0.5, 0.6) is 0 Å². The maximum absolute atomic E-state index is 6.06. The van der Waals surface area contributed by atoms with Gasteiger partial charge in [-0.3, -0.25) is 0 Å². The standard InChI is InChI=1S/C15H19ClN2S/c1-4-14(12-6-5-7-13(16)8-12)18-11(3)15-17-9-10(2)19-15/h5-9,11,14,18H,4H2,1-3H3. The van der Waals surface area contributed by atoms with Gasteiger partial charge in [-0.15, -0.1) is 11.3 Å². The van der Waals surface area contributed by atoms with E-state index >= 15 is 0 Å². The maximum Gasteiger partial charge on any atom is 0.109 e. The van der Waals surface area contributed by atoms with E-state index in [9.17, 15) is 0 Å². The van der Waals surface area contributed by atoms with Gasteiger partial charge >= 0.3 is 0 Å². The van der Waals surface area contributed by atoms with Crippen molar-refractivity contribution >= 4 is 22.9 Å². The highest BCUT2D eigenvalue weighted by Crippen LogP contribution is 2.26. The van der Waals surface area contributed by atoms with Crippen LogP contribution in [0.1, 0.15) is 47.8 Å². The molecule has 2 unspecified atom stereocenters. The second kappa shape index (κ2) is 6.51. The summed E-state index contributed by atoms with van der Waals surface area (Å²) in [7, 11) is 0. The van der Waals surface area contributed by atoms with Crippen LogP contribution in [0.25, 0.3) is 0 Å². The second-order valence-electron chi connectivity index (χ2n) is 4.71. The Hall–Kier alpha value is -0.900. The van der Waals surface area contributed by atoms with E-state index in [0.717, 1.165) is 16.5 Å². The summed E-state index contributed by atoms with van der Waals surface area (Å²) >= 11 is 7.81. The van der Waals surface area contributed by atoms with E-state index in [4.69, 9.17) is 11.6 Å². The number of nitrogens with zero attached hydrogens (tertiary/aromatic N) is 1. The smallest absolute Gasteiger partial charge is 0.109 e. The number of benzene rings is 1. The van der Waals surface area contributed by atoms with E-state index < -0.39 is 0 Å². The average Bonchev–Trinajstić information content (AvgIpc) is 2.82. The Morgan fingerprint density at radius 3 is 2.79 bits per heavy atom. The number of hydrogen-bond donors (Lipinski definition) is 1. The zero-order chi connectivity index (χ0) is 13.8. The third-order valence-electron chi connectivity index (χ3n) is 3.12. The fourth-order valence-corrected chi connectivity index (χ4v) is 3.10. The minimum atomic E-state index is 0.252. The molecule has 0 amide bonds. The van der Waals surface area contributed by atoms with Crippen molar-refractivity contribution in [2.24, 2.45) is 0 Å². The predicted octanol–water partition coefficient (Wildman–Crippen LogP) is 4.91. The number of aromatic nitrogens is 1. The Labute approximate surface area is 123 Å². The molecule has 0 saturated heterocycles. The molecule has 2 aromatic rings. The van der Waals surface area contributed by atoms with Crippen LogP contribution in [0.2, 0.25) is 5.02 Å². The molecular formula is C15H19ClN2S. The van der Waals surface area contributed by atoms with Gasteiger partial charge in [-0.25, -0.2) is 4.98 Å². The highest BCUT2D eigenvalue weighted by molar-refractivity contribution is 7.11. The lowest BCUT2D eigenvalue weighted by molar-refractivity contribution is 0.455. The molecule has 0 spiro atoms. The van der Waals surface area contributed by atoms with Crippen molar-refractivity contribution in [2.45, 2.75) is 39.3 Å². The van der Waals surface area contributed by atoms with Crippen LogP contribution in [0, 0.1) is 6.92 Å². The molecule has 1 aromatic heterocycles. The molecule has 0 bridgehead atoms. The van der Waals surface area contributed by atoms with Gasteiger partial charge in [0.1, 0.15) is 5.01 Å². The predicted molar refractivity (Wildman–Crippen MR) is 82.9 cm³/mol. The Balaban J connectivity index is 2.11. The minimum Gasteiger partial charge on any atom is -0.301 e. The van der Waals surface area contributed by atoms with Crippen molar-refractivity contribution in [3.63, 3.8) is 0 Å². The van der Waals surface area contributed by atoms with E-state index in [1.807, 2.05) is 24.4 Å². The zero-order valence-electron chi connectivity index (χ0n) is 11.5. The van der Waals surface area contributed by atoms with Gasteiger partial charge in [-0.05, 0) is 38.0 Å². The van der Waals surface area contributed by atoms with Crippen molar-refractivity contribution in [2.75, 3.05) is 0 Å². The largest absolute Gasteiger partial charge is 0.301 e. The summed E-state index contributed by atoms with van der Waals surface area (Å²) in [5, 5.41) is 5.55. The van der Waals surface area contributed by atoms with Gasteiger partial charge in [-0.1, -0.05) is 30.7 Å². The molecule has 1 heterocycles. The third kappa shape index (κ3) is 3.78. The SMILES string of the molecule is CCC(NC(C)c1ncc(C)s1)c1cccc(Cl)c1. The number of thiazole rings is 1. The summed E-state index contributed by atoms with van der Waals surface area (Å²) in [4.78, 5) is 5.69. The lowest BCUT2D eigenvalue weighted by Crippen LogP contribution is -2.24. The highest BCUT2D eigenvalue weighted by atomic mass is 35.5. The topological polar surface area (TPSA) is 24.9 Å². The molecule has 0 saturated carbocycles. The quantitative estimate of drug-likeness (QED) is 0.848. The number of hydrogen-bond acceptors (Lipinski definition) is 3. The summed E-state index contributed by atoms with van der Waals surface area (Å²) in [6, 6.07) is 8.61. The van der Waals surface area contributed by atoms with E-state index in [1.165, 1.54) is 10.4 Å². The molecule has 0 aliphatic heterocycles. The summed E-state index contributed by atoms with van der Waals surface area (Å²) in [5.41, 5.74) is 1.23. The molecule has 19 heavy (non-hydrogen) atoms. The highest BCUT2D eigenvalue weighted by Gasteiger charge is 2.16. The third-order valence-corrected chi connectivity index (χ3v) is 4.45. The van der Waals surface area contributed by atoms with Crippen LogP contribution in [-0.2, 0) is 0 Å². The van der Waals surface area contributed by atoms with Crippen LogP contribution in [0.3, 0.4) is 0 Å². The number of rotatable bonds is 5. The lowest BCUT2D eigenvalue weighted by Gasteiger charge is -2.21. The van der Waals surface area contributed by atoms with Gasteiger partial charge in [0.25, 0.3) is 0 Å². The first-order chi connectivity index (χ1) is 9.10.